The minimum Gasteiger partial charge on any atom is -0.495 e. The van der Waals surface area contributed by atoms with Gasteiger partial charge in [-0.25, -0.2) is 4.79 Å². The lowest BCUT2D eigenvalue weighted by molar-refractivity contribution is 0.0698. The van der Waals surface area contributed by atoms with E-state index in [2.05, 4.69) is 42.4 Å². The summed E-state index contributed by atoms with van der Waals surface area (Å²) in [5.74, 6) is -0.374. The molecule has 2 aromatic carbocycles. The van der Waals surface area contributed by atoms with Gasteiger partial charge in [-0.15, -0.1) is 0 Å². The van der Waals surface area contributed by atoms with Crippen molar-refractivity contribution < 1.29 is 14.6 Å². The van der Waals surface area contributed by atoms with Crippen LogP contribution < -0.4 is 10.2 Å². The number of anilines is 1. The Hall–Kier alpha value is -1.86. The molecule has 0 amide bonds. The second kappa shape index (κ2) is 7.42. The number of halogens is 2. The van der Waals surface area contributed by atoms with Crippen molar-refractivity contribution in [2.75, 3.05) is 12.5 Å². The van der Waals surface area contributed by atoms with Gasteiger partial charge in [0.15, 0.2) is 0 Å². The average Bonchev–Trinajstić information content (AvgIpc) is 2.47. The number of hydrazone groups is 1. The van der Waals surface area contributed by atoms with Crippen molar-refractivity contribution in [2.24, 2.45) is 5.10 Å². The van der Waals surface area contributed by atoms with Crippen LogP contribution in [0.3, 0.4) is 0 Å². The quantitative estimate of drug-likeness (QED) is 0.549. The van der Waals surface area contributed by atoms with Gasteiger partial charge < -0.3 is 9.84 Å². The number of para-hydroxylation sites is 1. The van der Waals surface area contributed by atoms with Gasteiger partial charge >= 0.3 is 5.97 Å². The van der Waals surface area contributed by atoms with Crippen LogP contribution >= 0.6 is 31.9 Å². The van der Waals surface area contributed by atoms with Crippen LogP contribution in [0.25, 0.3) is 0 Å². The summed E-state index contributed by atoms with van der Waals surface area (Å²) < 4.78 is 6.97. The maximum atomic E-state index is 11.1. The van der Waals surface area contributed by atoms with Gasteiger partial charge in [-0.2, -0.15) is 5.10 Å². The van der Waals surface area contributed by atoms with Crippen molar-refractivity contribution in [3.8, 4) is 5.75 Å². The van der Waals surface area contributed by atoms with Crippen LogP contribution in [0.4, 0.5) is 5.69 Å². The summed E-state index contributed by atoms with van der Waals surface area (Å²) in [6.07, 6.45) is 1.56. The third kappa shape index (κ3) is 3.86. The molecule has 2 rings (SSSR count). The second-order valence-electron chi connectivity index (χ2n) is 4.23. The van der Waals surface area contributed by atoms with Crippen molar-refractivity contribution in [1.82, 2.24) is 0 Å². The topological polar surface area (TPSA) is 70.9 Å². The Morgan fingerprint density at radius 1 is 1.32 bits per heavy atom. The monoisotopic (exact) mass is 426 g/mol. The highest BCUT2D eigenvalue weighted by molar-refractivity contribution is 9.11. The standard InChI is InChI=1S/C15H12Br2N2O3/c1-22-14-9(6-10(16)7-12(14)17)8-18-19-13-5-3-2-4-11(13)15(20)21/h2-8,19H,1H3,(H,20,21). The van der Waals surface area contributed by atoms with Crippen LogP contribution in [0.1, 0.15) is 15.9 Å². The summed E-state index contributed by atoms with van der Waals surface area (Å²) in [5, 5.41) is 13.2. The number of carboxylic acids is 1. The van der Waals surface area contributed by atoms with Gasteiger partial charge in [0, 0.05) is 10.0 Å². The third-order valence-electron chi connectivity index (χ3n) is 2.79. The lowest BCUT2D eigenvalue weighted by Crippen LogP contribution is -2.02. The molecule has 0 aliphatic carbocycles. The van der Waals surface area contributed by atoms with E-state index in [-0.39, 0.29) is 5.56 Å². The molecule has 0 saturated heterocycles. The Morgan fingerprint density at radius 3 is 2.73 bits per heavy atom. The van der Waals surface area contributed by atoms with Gasteiger partial charge in [0.1, 0.15) is 5.75 Å². The maximum absolute atomic E-state index is 11.1. The maximum Gasteiger partial charge on any atom is 0.337 e. The smallest absolute Gasteiger partial charge is 0.337 e. The molecule has 22 heavy (non-hydrogen) atoms. The molecule has 2 N–H and O–H groups in total. The predicted molar refractivity (Wildman–Crippen MR) is 93.0 cm³/mol. The fourth-order valence-electron chi connectivity index (χ4n) is 1.83. The molecule has 0 fully saturated rings. The number of nitrogens with one attached hydrogen (secondary N) is 1. The van der Waals surface area contributed by atoms with Crippen LogP contribution in [-0.4, -0.2) is 24.4 Å². The van der Waals surface area contributed by atoms with Crippen LogP contribution in [-0.2, 0) is 0 Å². The van der Waals surface area contributed by atoms with Crippen LogP contribution in [0.15, 0.2) is 50.4 Å². The summed E-state index contributed by atoms with van der Waals surface area (Å²) >= 11 is 6.81. The molecule has 2 aromatic rings. The minimum atomic E-state index is -1.01. The molecular weight excluding hydrogens is 416 g/mol. The molecule has 0 spiro atoms. The van der Waals surface area contributed by atoms with Crippen molar-refractivity contribution in [1.29, 1.82) is 0 Å². The van der Waals surface area contributed by atoms with Crippen molar-refractivity contribution >= 4 is 49.7 Å². The first-order valence-corrected chi connectivity index (χ1v) is 7.76. The molecule has 5 nitrogen and oxygen atoms in total. The van der Waals surface area contributed by atoms with Gasteiger partial charge in [0.05, 0.1) is 29.0 Å². The molecule has 0 saturated carbocycles. The van der Waals surface area contributed by atoms with Gasteiger partial charge in [-0.05, 0) is 40.2 Å². The fraction of sp³-hybridized carbons (Fsp3) is 0.0667. The Morgan fingerprint density at radius 2 is 2.05 bits per heavy atom. The molecule has 7 heteroatoms. The fourth-order valence-corrected chi connectivity index (χ4v) is 3.25. The number of aromatic carboxylic acids is 1. The highest BCUT2D eigenvalue weighted by atomic mass is 79.9. The number of carboxylic acid groups (broad SMARTS) is 1. The first-order valence-electron chi connectivity index (χ1n) is 6.17. The Labute approximate surface area is 144 Å². The number of rotatable bonds is 5. The molecule has 0 heterocycles. The second-order valence-corrected chi connectivity index (χ2v) is 6.00. The van der Waals surface area contributed by atoms with E-state index in [1.165, 1.54) is 6.07 Å². The molecule has 0 atom stereocenters. The zero-order valence-electron chi connectivity index (χ0n) is 11.5. The largest absolute Gasteiger partial charge is 0.495 e. The first kappa shape index (κ1) is 16.5. The van der Waals surface area contributed by atoms with Crippen LogP contribution in [0.2, 0.25) is 0 Å². The SMILES string of the molecule is COc1c(Br)cc(Br)cc1C=NNc1ccccc1C(=O)O. The first-order chi connectivity index (χ1) is 10.5. The number of nitrogens with zero attached hydrogens (tertiary/aromatic N) is 1. The van der Waals surface area contributed by atoms with E-state index in [0.29, 0.717) is 11.4 Å². The average molecular weight is 428 g/mol. The highest BCUT2D eigenvalue weighted by Crippen LogP contribution is 2.31. The zero-order chi connectivity index (χ0) is 16.1. The van der Waals surface area contributed by atoms with Crippen molar-refractivity contribution in [2.45, 2.75) is 0 Å². The molecule has 0 radical (unpaired) electrons. The van der Waals surface area contributed by atoms with Crippen LogP contribution in [0, 0.1) is 0 Å². The predicted octanol–water partition coefficient (Wildman–Crippen LogP) is 4.36. The summed E-state index contributed by atoms with van der Waals surface area (Å²) in [6.45, 7) is 0. The van der Waals surface area contributed by atoms with Crippen molar-refractivity contribution in [3.63, 3.8) is 0 Å². The Kier molecular flexibility index (Phi) is 5.57. The van der Waals surface area contributed by atoms with E-state index >= 15 is 0 Å². The van der Waals surface area contributed by atoms with E-state index in [1.807, 2.05) is 12.1 Å². The molecule has 0 bridgehead atoms. The zero-order valence-corrected chi connectivity index (χ0v) is 14.7. The van der Waals surface area contributed by atoms with E-state index < -0.39 is 5.97 Å². The van der Waals surface area contributed by atoms with Gasteiger partial charge in [-0.3, -0.25) is 5.43 Å². The van der Waals surface area contributed by atoms with E-state index in [9.17, 15) is 4.79 Å². The number of ether oxygens (including phenoxy) is 1. The number of carbonyl (C=O) groups is 1. The lowest BCUT2D eigenvalue weighted by atomic mass is 10.2. The lowest BCUT2D eigenvalue weighted by Gasteiger charge is -2.08. The number of hydrogen-bond donors (Lipinski definition) is 2. The Bertz CT molecular complexity index is 733. The highest BCUT2D eigenvalue weighted by Gasteiger charge is 2.09. The van der Waals surface area contributed by atoms with Crippen molar-refractivity contribution in [3.05, 3.63) is 56.5 Å². The number of methoxy groups -OCH3 is 1. The minimum absolute atomic E-state index is 0.155. The third-order valence-corrected chi connectivity index (χ3v) is 3.83. The molecule has 0 unspecified atom stereocenters. The summed E-state index contributed by atoms with van der Waals surface area (Å²) in [7, 11) is 1.57. The van der Waals surface area contributed by atoms with Gasteiger partial charge in [0.2, 0.25) is 0 Å². The number of benzene rings is 2. The summed E-state index contributed by atoms with van der Waals surface area (Å²) in [4.78, 5) is 11.1. The Balaban J connectivity index is 2.26. The van der Waals surface area contributed by atoms with E-state index in [0.717, 1.165) is 14.5 Å². The normalized spacial score (nSPS) is 10.7. The molecular formula is C15H12Br2N2O3. The number of hydrogen-bond acceptors (Lipinski definition) is 4. The van der Waals surface area contributed by atoms with Gasteiger partial charge in [0.25, 0.3) is 0 Å². The molecule has 114 valence electrons. The summed E-state index contributed by atoms with van der Waals surface area (Å²) in [5.41, 5.74) is 4.05. The van der Waals surface area contributed by atoms with Gasteiger partial charge in [-0.1, -0.05) is 28.1 Å². The molecule has 0 aliphatic heterocycles. The molecule has 0 aromatic heterocycles. The van der Waals surface area contributed by atoms with E-state index in [1.54, 1.807) is 31.5 Å². The summed E-state index contributed by atoms with van der Waals surface area (Å²) in [6, 6.07) is 10.3. The van der Waals surface area contributed by atoms with Crippen LogP contribution in [0.5, 0.6) is 5.75 Å². The van der Waals surface area contributed by atoms with E-state index in [4.69, 9.17) is 9.84 Å². The molecule has 0 aliphatic rings.